The quantitative estimate of drug-likeness (QED) is 0.680. The van der Waals surface area contributed by atoms with Crippen LogP contribution in [0.25, 0.3) is 0 Å². The van der Waals surface area contributed by atoms with E-state index in [1.54, 1.807) is 0 Å². The molecular weight excluding hydrogens is 208 g/mol. The fourth-order valence-electron chi connectivity index (χ4n) is 1.28. The van der Waals surface area contributed by atoms with Gasteiger partial charge in [-0.3, -0.25) is 4.99 Å². The fraction of sp³-hybridized carbons (Fsp3) is 0. The Bertz CT molecular complexity index is 507. The highest BCUT2D eigenvalue weighted by Crippen LogP contribution is 2.19. The Morgan fingerprint density at radius 3 is 2.38 bits per heavy atom. The van der Waals surface area contributed by atoms with Crippen molar-refractivity contribution < 1.29 is 8.78 Å². The van der Waals surface area contributed by atoms with Crippen LogP contribution in [-0.2, 0) is 0 Å². The molecule has 0 aromatic heterocycles. The van der Waals surface area contributed by atoms with Gasteiger partial charge in [0.2, 0.25) is 0 Å². The molecule has 16 heavy (non-hydrogen) atoms. The van der Waals surface area contributed by atoms with E-state index in [1.807, 2.05) is 30.3 Å². The van der Waals surface area contributed by atoms with E-state index < -0.39 is 11.6 Å². The van der Waals surface area contributed by atoms with Gasteiger partial charge in [0.05, 0.1) is 0 Å². The average molecular weight is 217 g/mol. The van der Waals surface area contributed by atoms with Gasteiger partial charge in [0.1, 0.15) is 5.69 Å². The number of nitrogens with zero attached hydrogens (tertiary/aromatic N) is 1. The van der Waals surface area contributed by atoms with Crippen LogP contribution in [-0.4, -0.2) is 6.21 Å². The largest absolute Gasteiger partial charge is 0.253 e. The monoisotopic (exact) mass is 217 g/mol. The topological polar surface area (TPSA) is 12.4 Å². The molecule has 0 radical (unpaired) electrons. The molecule has 0 amide bonds. The zero-order valence-corrected chi connectivity index (χ0v) is 8.40. The van der Waals surface area contributed by atoms with E-state index in [0.29, 0.717) is 0 Å². The molecule has 0 saturated carbocycles. The standard InChI is InChI=1S/C13H9F2N/c14-11-7-4-8-12(13(11)15)16-9-10-5-2-1-3-6-10/h1-9H/b16-9+. The molecule has 80 valence electrons. The highest BCUT2D eigenvalue weighted by atomic mass is 19.2. The number of rotatable bonds is 2. The van der Waals surface area contributed by atoms with E-state index in [4.69, 9.17) is 0 Å². The second kappa shape index (κ2) is 4.66. The molecule has 0 heterocycles. The molecule has 2 aromatic rings. The van der Waals surface area contributed by atoms with E-state index in [2.05, 4.69) is 4.99 Å². The summed E-state index contributed by atoms with van der Waals surface area (Å²) >= 11 is 0. The number of halogens is 2. The molecule has 0 fully saturated rings. The minimum absolute atomic E-state index is 0.00357. The maximum absolute atomic E-state index is 13.2. The van der Waals surface area contributed by atoms with E-state index in [9.17, 15) is 8.78 Å². The minimum Gasteiger partial charge on any atom is -0.253 e. The summed E-state index contributed by atoms with van der Waals surface area (Å²) in [6.07, 6.45) is 1.50. The Hall–Kier alpha value is -2.03. The molecule has 0 atom stereocenters. The Balaban J connectivity index is 2.28. The van der Waals surface area contributed by atoms with Crippen LogP contribution in [0, 0.1) is 11.6 Å². The summed E-state index contributed by atoms with van der Waals surface area (Å²) in [5.41, 5.74) is 0.843. The van der Waals surface area contributed by atoms with Crippen LogP contribution in [0.3, 0.4) is 0 Å². The Kier molecular flexibility index (Phi) is 3.05. The van der Waals surface area contributed by atoms with Crippen molar-refractivity contribution in [3.05, 3.63) is 65.7 Å². The van der Waals surface area contributed by atoms with Gasteiger partial charge >= 0.3 is 0 Å². The van der Waals surface area contributed by atoms with Gasteiger partial charge in [-0.2, -0.15) is 0 Å². The van der Waals surface area contributed by atoms with Gasteiger partial charge in [0.15, 0.2) is 11.6 Å². The van der Waals surface area contributed by atoms with Crippen LogP contribution < -0.4 is 0 Å². The first-order chi connectivity index (χ1) is 7.77. The molecule has 0 unspecified atom stereocenters. The van der Waals surface area contributed by atoms with Gasteiger partial charge < -0.3 is 0 Å². The van der Waals surface area contributed by atoms with Crippen molar-refractivity contribution in [2.75, 3.05) is 0 Å². The molecular formula is C13H9F2N. The number of hydrogen-bond donors (Lipinski definition) is 0. The van der Waals surface area contributed by atoms with E-state index in [1.165, 1.54) is 18.3 Å². The number of benzene rings is 2. The summed E-state index contributed by atoms with van der Waals surface area (Å²) in [6, 6.07) is 13.2. The molecule has 0 aliphatic rings. The fourth-order valence-corrected chi connectivity index (χ4v) is 1.28. The van der Waals surface area contributed by atoms with Crippen molar-refractivity contribution in [1.82, 2.24) is 0 Å². The normalized spacial score (nSPS) is 10.9. The van der Waals surface area contributed by atoms with Gasteiger partial charge in [0.25, 0.3) is 0 Å². The maximum Gasteiger partial charge on any atom is 0.184 e. The predicted octanol–water partition coefficient (Wildman–Crippen LogP) is 3.72. The molecule has 1 nitrogen and oxygen atoms in total. The zero-order chi connectivity index (χ0) is 11.4. The minimum atomic E-state index is -0.922. The molecule has 0 aliphatic carbocycles. The molecule has 2 rings (SSSR count). The lowest BCUT2D eigenvalue weighted by Gasteiger charge is -1.97. The van der Waals surface area contributed by atoms with E-state index in [-0.39, 0.29) is 5.69 Å². The van der Waals surface area contributed by atoms with Gasteiger partial charge in [-0.05, 0) is 17.7 Å². The highest BCUT2D eigenvalue weighted by Gasteiger charge is 2.04. The summed E-state index contributed by atoms with van der Waals surface area (Å²) < 4.78 is 26.1. The van der Waals surface area contributed by atoms with Crippen LogP contribution in [0.1, 0.15) is 5.56 Å². The van der Waals surface area contributed by atoms with Gasteiger partial charge in [0, 0.05) is 6.21 Å². The van der Waals surface area contributed by atoms with E-state index in [0.717, 1.165) is 11.6 Å². The number of aliphatic imine (C=N–C) groups is 1. The van der Waals surface area contributed by atoms with Crippen molar-refractivity contribution in [3.8, 4) is 0 Å². The first kappa shape index (κ1) is 10.5. The first-order valence-electron chi connectivity index (χ1n) is 4.80. The second-order valence-electron chi connectivity index (χ2n) is 3.24. The maximum atomic E-state index is 13.2. The van der Waals surface area contributed by atoms with Gasteiger partial charge in [-0.1, -0.05) is 36.4 Å². The van der Waals surface area contributed by atoms with Gasteiger partial charge in [-0.25, -0.2) is 8.78 Å². The smallest absolute Gasteiger partial charge is 0.184 e. The van der Waals surface area contributed by atoms with Crippen molar-refractivity contribution in [1.29, 1.82) is 0 Å². The lowest BCUT2D eigenvalue weighted by atomic mass is 10.2. The Morgan fingerprint density at radius 2 is 1.62 bits per heavy atom. The summed E-state index contributed by atoms with van der Waals surface area (Å²) in [7, 11) is 0. The molecule has 0 aliphatic heterocycles. The van der Waals surface area contributed by atoms with Crippen LogP contribution >= 0.6 is 0 Å². The van der Waals surface area contributed by atoms with Crippen LogP contribution in [0.4, 0.5) is 14.5 Å². The van der Waals surface area contributed by atoms with Crippen molar-refractivity contribution in [2.24, 2.45) is 4.99 Å². The lowest BCUT2D eigenvalue weighted by molar-refractivity contribution is 0.510. The zero-order valence-electron chi connectivity index (χ0n) is 8.40. The SMILES string of the molecule is Fc1cccc(/N=C/c2ccccc2)c1F. The van der Waals surface area contributed by atoms with Crippen LogP contribution in [0.5, 0.6) is 0 Å². The lowest BCUT2D eigenvalue weighted by Crippen LogP contribution is -1.84. The molecule has 3 heteroatoms. The first-order valence-corrected chi connectivity index (χ1v) is 4.80. The predicted molar refractivity (Wildman–Crippen MR) is 60.1 cm³/mol. The average Bonchev–Trinajstić information content (AvgIpc) is 2.32. The Labute approximate surface area is 92.1 Å². The van der Waals surface area contributed by atoms with Crippen molar-refractivity contribution in [3.63, 3.8) is 0 Å². The third-order valence-corrected chi connectivity index (χ3v) is 2.08. The summed E-state index contributed by atoms with van der Waals surface area (Å²) in [6.45, 7) is 0. The van der Waals surface area contributed by atoms with Crippen molar-refractivity contribution in [2.45, 2.75) is 0 Å². The van der Waals surface area contributed by atoms with Crippen LogP contribution in [0.15, 0.2) is 53.5 Å². The highest BCUT2D eigenvalue weighted by molar-refractivity contribution is 5.81. The summed E-state index contributed by atoms with van der Waals surface area (Å²) in [5, 5.41) is 0. The summed E-state index contributed by atoms with van der Waals surface area (Å²) in [5.74, 6) is -1.81. The molecule has 0 N–H and O–H groups in total. The molecule has 2 aromatic carbocycles. The molecule has 0 spiro atoms. The van der Waals surface area contributed by atoms with E-state index >= 15 is 0 Å². The summed E-state index contributed by atoms with van der Waals surface area (Å²) in [4.78, 5) is 3.90. The number of hydrogen-bond acceptors (Lipinski definition) is 1. The molecule has 0 saturated heterocycles. The van der Waals surface area contributed by atoms with Gasteiger partial charge in [-0.15, -0.1) is 0 Å². The molecule has 0 bridgehead atoms. The van der Waals surface area contributed by atoms with Crippen LogP contribution in [0.2, 0.25) is 0 Å². The third-order valence-electron chi connectivity index (χ3n) is 2.08. The van der Waals surface area contributed by atoms with Crippen molar-refractivity contribution >= 4 is 11.9 Å². The Morgan fingerprint density at radius 1 is 0.875 bits per heavy atom. The third kappa shape index (κ3) is 2.31. The second-order valence-corrected chi connectivity index (χ2v) is 3.24.